The second-order valence-electron chi connectivity index (χ2n) is 15.2. The van der Waals surface area contributed by atoms with Crippen molar-refractivity contribution in [3.05, 3.63) is 34.9 Å². The van der Waals surface area contributed by atoms with Crippen LogP contribution >= 0.6 is 0 Å². The molecule has 1 aromatic rings. The van der Waals surface area contributed by atoms with Crippen LogP contribution in [0.1, 0.15) is 107 Å². The van der Waals surface area contributed by atoms with E-state index in [1.807, 2.05) is 0 Å². The summed E-state index contributed by atoms with van der Waals surface area (Å²) in [5, 5.41) is 0.386. The fraction of sp³-hybridized carbons (Fsp3) is 0.769. The fourth-order valence-electron chi connectivity index (χ4n) is 6.06. The third-order valence-corrected chi connectivity index (χ3v) is 8.89. The van der Waals surface area contributed by atoms with Crippen molar-refractivity contribution in [2.45, 2.75) is 122 Å². The third kappa shape index (κ3) is 4.23. The molecule has 4 heteroatoms. The summed E-state index contributed by atoms with van der Waals surface area (Å²) in [6.07, 6.45) is 0. The standard InChI is InChI=1S/C26H50B4/c1-20(2,3)19-17(24(11,21(4,5)6)22(7,8)27)15-14-16-18(19)25(12,23(9,10)28)26(13,29)30/h14-16H,27-30H2,1-13H3. The average Bonchev–Trinajstić information content (AvgIpc) is 2.47. The van der Waals surface area contributed by atoms with Gasteiger partial charge in [0.25, 0.3) is 0 Å². The van der Waals surface area contributed by atoms with Gasteiger partial charge in [-0.25, -0.2) is 0 Å². The van der Waals surface area contributed by atoms with Crippen molar-refractivity contribution in [3.8, 4) is 0 Å². The predicted molar refractivity (Wildman–Crippen MR) is 150 cm³/mol. The van der Waals surface area contributed by atoms with E-state index < -0.39 is 0 Å². The van der Waals surface area contributed by atoms with Crippen molar-refractivity contribution < 1.29 is 0 Å². The van der Waals surface area contributed by atoms with Crippen LogP contribution in [0.25, 0.3) is 0 Å². The molecule has 0 amide bonds. The van der Waals surface area contributed by atoms with Gasteiger partial charge in [0.05, 0.1) is 15.7 Å². The summed E-state index contributed by atoms with van der Waals surface area (Å²) in [6, 6.07) is 7.21. The molecule has 2 unspecified atom stereocenters. The Labute approximate surface area is 193 Å². The molecule has 0 aliphatic heterocycles. The van der Waals surface area contributed by atoms with Gasteiger partial charge in [-0.05, 0) is 38.4 Å². The van der Waals surface area contributed by atoms with Gasteiger partial charge in [0.1, 0.15) is 15.7 Å². The molecule has 0 aromatic heterocycles. The van der Waals surface area contributed by atoms with Crippen molar-refractivity contribution in [2.75, 3.05) is 0 Å². The second kappa shape index (κ2) is 7.52. The van der Waals surface area contributed by atoms with Gasteiger partial charge in [-0.15, -0.1) is 0 Å². The number of rotatable bonds is 5. The molecule has 0 spiro atoms. The van der Waals surface area contributed by atoms with Crippen LogP contribution in [0, 0.1) is 5.41 Å². The Bertz CT molecular complexity index is 672. The van der Waals surface area contributed by atoms with E-state index in [-0.39, 0.29) is 37.5 Å². The van der Waals surface area contributed by atoms with Crippen LogP contribution < -0.4 is 0 Å². The second-order valence-corrected chi connectivity index (χ2v) is 15.2. The summed E-state index contributed by atoms with van der Waals surface area (Å²) < 4.78 is 0. The Morgan fingerprint density at radius 2 is 0.867 bits per heavy atom. The molecule has 1 rings (SSSR count). The smallest absolute Gasteiger partial charge is 0.0783 e. The van der Waals surface area contributed by atoms with Crippen LogP contribution in [0.15, 0.2) is 18.2 Å². The fourth-order valence-corrected chi connectivity index (χ4v) is 6.06. The molecule has 2 atom stereocenters. The molecule has 0 saturated heterocycles. The topological polar surface area (TPSA) is 0 Å². The minimum absolute atomic E-state index is 0.0231. The molecule has 0 nitrogen and oxygen atoms in total. The Kier molecular flexibility index (Phi) is 6.90. The summed E-state index contributed by atoms with van der Waals surface area (Å²) >= 11 is 0. The molecule has 0 saturated carbocycles. The minimum Gasteiger partial charge on any atom is -0.0783 e. The van der Waals surface area contributed by atoms with Crippen molar-refractivity contribution >= 4 is 31.4 Å². The Morgan fingerprint density at radius 1 is 0.533 bits per heavy atom. The van der Waals surface area contributed by atoms with Crippen LogP contribution in [0.5, 0.6) is 0 Å². The van der Waals surface area contributed by atoms with E-state index in [0.717, 1.165) is 0 Å². The maximum Gasteiger partial charge on any atom is 0.109 e. The largest absolute Gasteiger partial charge is 0.109 e. The quantitative estimate of drug-likeness (QED) is 0.627. The van der Waals surface area contributed by atoms with Gasteiger partial charge in [0, 0.05) is 0 Å². The lowest BCUT2D eigenvalue weighted by molar-refractivity contribution is 0.150. The SMILES string of the molecule is BC(B)(C)C(C)(c1cccc(C(C)(C(B)(C)C)C(C)(C)C)c1C(C)(C)C)C(B)(C)C. The summed E-state index contributed by atoms with van der Waals surface area (Å²) in [4.78, 5) is 0. The lowest BCUT2D eigenvalue weighted by atomic mass is 9.32. The summed E-state index contributed by atoms with van der Waals surface area (Å²) in [5.74, 6) is 0. The maximum atomic E-state index is 2.51. The first-order valence-electron chi connectivity index (χ1n) is 12.0. The Balaban J connectivity index is 4.33. The van der Waals surface area contributed by atoms with Crippen LogP contribution in [-0.2, 0) is 16.2 Å². The van der Waals surface area contributed by atoms with Crippen LogP contribution in [0.4, 0.5) is 0 Å². The molecule has 0 aliphatic carbocycles. The van der Waals surface area contributed by atoms with Crippen molar-refractivity contribution in [2.24, 2.45) is 5.41 Å². The van der Waals surface area contributed by atoms with Gasteiger partial charge in [-0.2, -0.15) is 0 Å². The van der Waals surface area contributed by atoms with E-state index in [9.17, 15) is 0 Å². The zero-order valence-electron chi connectivity index (χ0n) is 23.7. The molecule has 0 fully saturated rings. The highest BCUT2D eigenvalue weighted by Gasteiger charge is 2.53. The lowest BCUT2D eigenvalue weighted by Gasteiger charge is -2.57. The summed E-state index contributed by atoms with van der Waals surface area (Å²) in [6.45, 7) is 31.6. The third-order valence-electron chi connectivity index (χ3n) is 8.89. The van der Waals surface area contributed by atoms with E-state index in [1.165, 1.54) is 11.1 Å². The Hall–Kier alpha value is -0.520. The zero-order chi connectivity index (χ0) is 24.4. The molecular weight excluding hydrogens is 356 g/mol. The van der Waals surface area contributed by atoms with E-state index in [2.05, 4.69) is 140 Å². The summed E-state index contributed by atoms with van der Waals surface area (Å²) in [5.41, 5.74) is 4.86. The highest BCUT2D eigenvalue weighted by atomic mass is 14.5. The molecule has 0 aliphatic rings. The van der Waals surface area contributed by atoms with Crippen molar-refractivity contribution in [1.29, 1.82) is 0 Å². The van der Waals surface area contributed by atoms with Gasteiger partial charge >= 0.3 is 0 Å². The van der Waals surface area contributed by atoms with Gasteiger partial charge in [-0.1, -0.05) is 124 Å². The van der Waals surface area contributed by atoms with E-state index in [1.54, 1.807) is 5.56 Å². The molecule has 166 valence electrons. The van der Waals surface area contributed by atoms with Crippen molar-refractivity contribution in [1.82, 2.24) is 0 Å². The normalized spacial score (nSPS) is 18.6. The molecule has 0 N–H and O–H groups in total. The molecule has 30 heavy (non-hydrogen) atoms. The number of benzene rings is 1. The number of hydrogen-bond acceptors (Lipinski definition) is 0. The van der Waals surface area contributed by atoms with Gasteiger partial charge < -0.3 is 0 Å². The van der Waals surface area contributed by atoms with Crippen LogP contribution in [0.3, 0.4) is 0 Å². The predicted octanol–water partition coefficient (Wildman–Crippen LogP) is 4.61. The van der Waals surface area contributed by atoms with E-state index in [0.29, 0.717) is 0 Å². The first-order chi connectivity index (χ1) is 12.8. The monoisotopic (exact) mass is 406 g/mol. The van der Waals surface area contributed by atoms with E-state index >= 15 is 0 Å². The van der Waals surface area contributed by atoms with Crippen LogP contribution in [-0.4, -0.2) is 31.4 Å². The first kappa shape index (κ1) is 27.5. The molecule has 0 radical (unpaired) electrons. The highest BCUT2D eigenvalue weighted by Crippen LogP contribution is 2.62. The molecule has 1 aromatic carbocycles. The lowest BCUT2D eigenvalue weighted by Crippen LogP contribution is -2.50. The molecule has 0 bridgehead atoms. The van der Waals surface area contributed by atoms with Gasteiger partial charge in [-0.3, -0.25) is 0 Å². The molecule has 0 heterocycles. The zero-order valence-corrected chi connectivity index (χ0v) is 23.7. The molecular formula is C26H50B4. The van der Waals surface area contributed by atoms with Gasteiger partial charge in [0.15, 0.2) is 0 Å². The highest BCUT2D eigenvalue weighted by molar-refractivity contribution is 6.41. The minimum atomic E-state index is 0.0231. The average molecular weight is 406 g/mol. The number of hydrogen-bond donors (Lipinski definition) is 0. The van der Waals surface area contributed by atoms with Crippen LogP contribution in [0.2, 0.25) is 15.8 Å². The van der Waals surface area contributed by atoms with Gasteiger partial charge in [0.2, 0.25) is 0 Å². The Morgan fingerprint density at radius 3 is 1.10 bits per heavy atom. The maximum absolute atomic E-state index is 2.51. The summed E-state index contributed by atoms with van der Waals surface area (Å²) in [7, 11) is 9.68. The van der Waals surface area contributed by atoms with Crippen molar-refractivity contribution in [3.63, 3.8) is 0 Å². The van der Waals surface area contributed by atoms with E-state index in [4.69, 9.17) is 0 Å². The first-order valence-corrected chi connectivity index (χ1v) is 12.0.